The van der Waals surface area contributed by atoms with Gasteiger partial charge in [0.2, 0.25) is 0 Å². The SMILES string of the molecule is Cc1csc(-c2cccc(C(=O)N3CC(C)OCC3(C)C)c2)n1. The first-order valence-corrected chi connectivity index (χ1v) is 8.71. The van der Waals surface area contributed by atoms with Gasteiger partial charge in [-0.3, -0.25) is 4.79 Å². The first-order chi connectivity index (χ1) is 10.9. The Hall–Kier alpha value is -1.72. The van der Waals surface area contributed by atoms with Gasteiger partial charge in [0.25, 0.3) is 5.91 Å². The molecule has 1 unspecified atom stereocenters. The number of ether oxygens (including phenoxy) is 1. The number of carbonyl (C=O) groups is 1. The molecule has 0 aliphatic carbocycles. The number of benzene rings is 1. The lowest BCUT2D eigenvalue weighted by Gasteiger charge is -2.44. The fraction of sp³-hybridized carbons (Fsp3) is 0.444. The van der Waals surface area contributed by atoms with E-state index in [4.69, 9.17) is 4.74 Å². The van der Waals surface area contributed by atoms with Crippen LogP contribution >= 0.6 is 11.3 Å². The molecule has 1 saturated heterocycles. The fourth-order valence-electron chi connectivity index (χ4n) is 2.77. The summed E-state index contributed by atoms with van der Waals surface area (Å²) in [5, 5.41) is 2.98. The van der Waals surface area contributed by atoms with Gasteiger partial charge in [-0.15, -0.1) is 11.3 Å². The minimum absolute atomic E-state index is 0.0558. The maximum Gasteiger partial charge on any atom is 0.254 e. The van der Waals surface area contributed by atoms with E-state index < -0.39 is 0 Å². The molecule has 0 bridgehead atoms. The number of nitrogens with zero attached hydrogens (tertiary/aromatic N) is 2. The Balaban J connectivity index is 1.90. The highest BCUT2D eigenvalue weighted by atomic mass is 32.1. The molecule has 5 heteroatoms. The molecule has 23 heavy (non-hydrogen) atoms. The van der Waals surface area contributed by atoms with Gasteiger partial charge in [-0.25, -0.2) is 4.98 Å². The molecule has 1 atom stereocenters. The molecule has 4 nitrogen and oxygen atoms in total. The number of aromatic nitrogens is 1. The van der Waals surface area contributed by atoms with Crippen molar-refractivity contribution in [3.63, 3.8) is 0 Å². The highest BCUT2D eigenvalue weighted by Crippen LogP contribution is 2.27. The molecule has 2 heterocycles. The van der Waals surface area contributed by atoms with Gasteiger partial charge >= 0.3 is 0 Å². The Morgan fingerprint density at radius 1 is 1.43 bits per heavy atom. The van der Waals surface area contributed by atoms with Gasteiger partial charge in [-0.05, 0) is 39.8 Å². The van der Waals surface area contributed by atoms with Crippen molar-refractivity contribution in [2.24, 2.45) is 0 Å². The maximum atomic E-state index is 13.0. The summed E-state index contributed by atoms with van der Waals surface area (Å²) in [4.78, 5) is 19.4. The third-order valence-electron chi connectivity index (χ3n) is 4.11. The third kappa shape index (κ3) is 3.31. The monoisotopic (exact) mass is 330 g/mol. The number of rotatable bonds is 2. The van der Waals surface area contributed by atoms with Crippen LogP contribution < -0.4 is 0 Å². The molecular formula is C18H22N2O2S. The first-order valence-electron chi connectivity index (χ1n) is 7.83. The lowest BCUT2D eigenvalue weighted by atomic mass is 9.99. The summed E-state index contributed by atoms with van der Waals surface area (Å²) in [5.74, 6) is 0.0558. The van der Waals surface area contributed by atoms with Crippen molar-refractivity contribution in [3.05, 3.63) is 40.9 Å². The lowest BCUT2D eigenvalue weighted by Crippen LogP contribution is -2.57. The topological polar surface area (TPSA) is 42.4 Å². The van der Waals surface area contributed by atoms with Crippen LogP contribution in [0.15, 0.2) is 29.6 Å². The molecule has 0 N–H and O–H groups in total. The normalized spacial score (nSPS) is 20.5. The van der Waals surface area contributed by atoms with E-state index in [1.165, 1.54) is 0 Å². The van der Waals surface area contributed by atoms with Gasteiger partial charge in [0.1, 0.15) is 5.01 Å². The van der Waals surface area contributed by atoms with Crippen molar-refractivity contribution in [1.82, 2.24) is 9.88 Å². The van der Waals surface area contributed by atoms with Gasteiger partial charge in [-0.2, -0.15) is 0 Å². The number of aryl methyl sites for hydroxylation is 1. The molecule has 1 aromatic heterocycles. The smallest absolute Gasteiger partial charge is 0.254 e. The van der Waals surface area contributed by atoms with E-state index >= 15 is 0 Å². The molecule has 1 amide bonds. The molecule has 0 saturated carbocycles. The number of amides is 1. The Morgan fingerprint density at radius 3 is 2.91 bits per heavy atom. The lowest BCUT2D eigenvalue weighted by molar-refractivity contribution is -0.0755. The number of thiazole rings is 1. The summed E-state index contributed by atoms with van der Waals surface area (Å²) >= 11 is 1.60. The second-order valence-corrected chi connectivity index (χ2v) is 7.58. The summed E-state index contributed by atoms with van der Waals surface area (Å²) in [6, 6.07) is 7.75. The molecule has 1 aliphatic heterocycles. The third-order valence-corrected chi connectivity index (χ3v) is 5.12. The molecule has 1 fully saturated rings. The van der Waals surface area contributed by atoms with Crippen molar-refractivity contribution < 1.29 is 9.53 Å². The number of hydrogen-bond acceptors (Lipinski definition) is 4. The van der Waals surface area contributed by atoms with Gasteiger partial charge in [-0.1, -0.05) is 12.1 Å². The van der Waals surface area contributed by atoms with E-state index in [0.29, 0.717) is 18.7 Å². The Bertz CT molecular complexity index is 723. The van der Waals surface area contributed by atoms with Gasteiger partial charge in [0.05, 0.1) is 18.2 Å². The summed E-state index contributed by atoms with van der Waals surface area (Å²) in [5.41, 5.74) is 2.41. The number of carbonyl (C=O) groups excluding carboxylic acids is 1. The molecule has 3 rings (SSSR count). The van der Waals surface area contributed by atoms with Crippen molar-refractivity contribution in [3.8, 4) is 10.6 Å². The average Bonchev–Trinajstić information content (AvgIpc) is 2.96. The minimum Gasteiger partial charge on any atom is -0.374 e. The van der Waals surface area contributed by atoms with E-state index in [1.807, 2.05) is 62.2 Å². The number of hydrogen-bond donors (Lipinski definition) is 0. The zero-order valence-electron chi connectivity index (χ0n) is 14.0. The predicted molar refractivity (Wildman–Crippen MR) is 92.8 cm³/mol. The molecule has 1 aromatic carbocycles. The average molecular weight is 330 g/mol. The van der Waals surface area contributed by atoms with E-state index in [2.05, 4.69) is 4.98 Å². The Labute approximate surface area is 141 Å². The molecule has 0 radical (unpaired) electrons. The summed E-state index contributed by atoms with van der Waals surface area (Å²) in [6.07, 6.45) is 0.0665. The largest absolute Gasteiger partial charge is 0.374 e. The van der Waals surface area contributed by atoms with Crippen LogP contribution in [0.2, 0.25) is 0 Å². The van der Waals surface area contributed by atoms with Gasteiger partial charge in [0.15, 0.2) is 0 Å². The van der Waals surface area contributed by atoms with Crippen molar-refractivity contribution >= 4 is 17.2 Å². The summed E-state index contributed by atoms with van der Waals surface area (Å²) in [7, 11) is 0. The molecule has 1 aliphatic rings. The Kier molecular flexibility index (Phi) is 4.25. The molecule has 2 aromatic rings. The van der Waals surface area contributed by atoms with Crippen LogP contribution in [0.25, 0.3) is 10.6 Å². The van der Waals surface area contributed by atoms with Crippen LogP contribution in [0.4, 0.5) is 0 Å². The second kappa shape index (κ2) is 6.06. The van der Waals surface area contributed by atoms with E-state index in [0.717, 1.165) is 16.3 Å². The van der Waals surface area contributed by atoms with Gasteiger partial charge < -0.3 is 9.64 Å². The first kappa shape index (κ1) is 16.1. The van der Waals surface area contributed by atoms with E-state index in [1.54, 1.807) is 11.3 Å². The standard InChI is InChI=1S/C18H22N2O2S/c1-12-10-23-16(19-12)14-6-5-7-15(8-14)17(21)20-9-13(2)22-11-18(20,3)4/h5-8,10,13H,9,11H2,1-4H3. The van der Waals surface area contributed by atoms with Crippen LogP contribution in [-0.4, -0.2) is 40.6 Å². The van der Waals surface area contributed by atoms with Crippen LogP contribution in [0.1, 0.15) is 36.8 Å². The predicted octanol–water partition coefficient (Wildman–Crippen LogP) is 3.76. The fourth-order valence-corrected chi connectivity index (χ4v) is 3.56. The van der Waals surface area contributed by atoms with Crippen LogP contribution in [0.5, 0.6) is 0 Å². The van der Waals surface area contributed by atoms with Crippen molar-refractivity contribution in [2.75, 3.05) is 13.2 Å². The second-order valence-electron chi connectivity index (χ2n) is 6.72. The van der Waals surface area contributed by atoms with Crippen molar-refractivity contribution in [2.45, 2.75) is 39.3 Å². The Morgan fingerprint density at radius 2 is 2.22 bits per heavy atom. The molecule has 0 spiro atoms. The van der Waals surface area contributed by atoms with E-state index in [9.17, 15) is 4.79 Å². The molecular weight excluding hydrogens is 308 g/mol. The van der Waals surface area contributed by atoms with Crippen LogP contribution in [0.3, 0.4) is 0 Å². The van der Waals surface area contributed by atoms with Gasteiger partial charge in [0, 0.05) is 28.7 Å². The van der Waals surface area contributed by atoms with E-state index in [-0.39, 0.29) is 17.6 Å². The summed E-state index contributed by atoms with van der Waals surface area (Å²) < 4.78 is 5.70. The van der Waals surface area contributed by atoms with Crippen LogP contribution in [0, 0.1) is 6.92 Å². The van der Waals surface area contributed by atoms with Crippen LogP contribution in [-0.2, 0) is 4.74 Å². The zero-order chi connectivity index (χ0) is 16.6. The zero-order valence-corrected chi connectivity index (χ0v) is 14.8. The maximum absolute atomic E-state index is 13.0. The minimum atomic E-state index is -0.294. The highest BCUT2D eigenvalue weighted by Gasteiger charge is 2.37. The summed E-state index contributed by atoms with van der Waals surface area (Å²) in [6.45, 7) is 9.25. The highest BCUT2D eigenvalue weighted by molar-refractivity contribution is 7.13. The number of morpholine rings is 1. The van der Waals surface area contributed by atoms with Crippen molar-refractivity contribution in [1.29, 1.82) is 0 Å². The quantitative estimate of drug-likeness (QED) is 0.842. The molecule has 122 valence electrons.